The predicted octanol–water partition coefficient (Wildman–Crippen LogP) is 2.95. The Balaban J connectivity index is 1.67. The Kier molecular flexibility index (Phi) is 5.50. The van der Waals surface area contributed by atoms with Gasteiger partial charge < -0.3 is 18.9 Å². The molecule has 1 unspecified atom stereocenters. The second kappa shape index (κ2) is 7.60. The Labute approximate surface area is 119 Å². The van der Waals surface area contributed by atoms with Crippen LogP contribution in [0.15, 0.2) is 48.3 Å². The molecule has 0 heterocycles. The average molecular weight is 276 g/mol. The van der Waals surface area contributed by atoms with E-state index in [0.717, 1.165) is 23.7 Å². The molecule has 4 nitrogen and oxygen atoms in total. The van der Waals surface area contributed by atoms with Crippen molar-refractivity contribution in [2.24, 2.45) is 0 Å². The summed E-state index contributed by atoms with van der Waals surface area (Å²) in [5.41, 5.74) is 0. The molecule has 2 rings (SSSR count). The van der Waals surface area contributed by atoms with Crippen molar-refractivity contribution in [1.82, 2.24) is 0 Å². The molecule has 1 atom stereocenters. The molecule has 4 heteroatoms. The van der Waals surface area contributed by atoms with Crippen LogP contribution in [-0.2, 0) is 9.47 Å². The minimum atomic E-state index is 0.0998. The van der Waals surface area contributed by atoms with E-state index < -0.39 is 0 Å². The number of hydrogen-bond donors (Lipinski definition) is 0. The zero-order chi connectivity index (χ0) is 14.2. The van der Waals surface area contributed by atoms with E-state index in [1.54, 1.807) is 14.2 Å². The maximum Gasteiger partial charge on any atom is 0.123 e. The fraction of sp³-hybridized carbons (Fsp3) is 0.375. The third kappa shape index (κ3) is 4.31. The Hall–Kier alpha value is -1.94. The van der Waals surface area contributed by atoms with E-state index in [0.29, 0.717) is 13.2 Å². The molecule has 0 bridgehead atoms. The van der Waals surface area contributed by atoms with Crippen LogP contribution in [0.25, 0.3) is 0 Å². The van der Waals surface area contributed by atoms with Crippen LogP contribution in [0.4, 0.5) is 0 Å². The lowest BCUT2D eigenvalue weighted by atomic mass is 10.1. The van der Waals surface area contributed by atoms with Gasteiger partial charge in [0.2, 0.25) is 0 Å². The van der Waals surface area contributed by atoms with E-state index >= 15 is 0 Å². The second-order valence-electron chi connectivity index (χ2n) is 4.34. The molecule has 1 aromatic carbocycles. The zero-order valence-corrected chi connectivity index (χ0v) is 11.9. The number of benzene rings is 1. The first-order valence-electron chi connectivity index (χ1n) is 6.62. The van der Waals surface area contributed by atoms with Gasteiger partial charge in [0.15, 0.2) is 0 Å². The van der Waals surface area contributed by atoms with Crippen molar-refractivity contribution in [3.8, 4) is 11.5 Å². The van der Waals surface area contributed by atoms with Crippen LogP contribution in [-0.4, -0.2) is 33.5 Å². The van der Waals surface area contributed by atoms with E-state index in [-0.39, 0.29) is 6.10 Å². The summed E-state index contributed by atoms with van der Waals surface area (Å²) in [5.74, 6) is 2.46. The Bertz CT molecular complexity index is 479. The summed E-state index contributed by atoms with van der Waals surface area (Å²) in [4.78, 5) is 0. The fourth-order valence-corrected chi connectivity index (χ4v) is 1.91. The minimum absolute atomic E-state index is 0.0998. The largest absolute Gasteiger partial charge is 0.497 e. The highest BCUT2D eigenvalue weighted by molar-refractivity contribution is 5.32. The third-order valence-corrected chi connectivity index (χ3v) is 2.99. The van der Waals surface area contributed by atoms with E-state index in [4.69, 9.17) is 18.9 Å². The van der Waals surface area contributed by atoms with Gasteiger partial charge in [-0.1, -0.05) is 12.1 Å². The summed E-state index contributed by atoms with van der Waals surface area (Å²) in [7, 11) is 3.30. The lowest BCUT2D eigenvalue weighted by molar-refractivity contribution is 0.0604. The molecule has 108 valence electrons. The van der Waals surface area contributed by atoms with Crippen molar-refractivity contribution < 1.29 is 18.9 Å². The molecule has 0 amide bonds. The highest BCUT2D eigenvalue weighted by atomic mass is 16.5. The molecular weight excluding hydrogens is 256 g/mol. The molecule has 0 aliphatic heterocycles. The molecule has 0 saturated carbocycles. The van der Waals surface area contributed by atoms with E-state index in [1.165, 1.54) is 0 Å². The summed E-state index contributed by atoms with van der Waals surface area (Å²) in [5, 5.41) is 0. The number of methoxy groups -OCH3 is 2. The fourth-order valence-electron chi connectivity index (χ4n) is 1.91. The van der Waals surface area contributed by atoms with Crippen LogP contribution in [0.3, 0.4) is 0 Å². The second-order valence-corrected chi connectivity index (χ2v) is 4.34. The number of allylic oxidation sites excluding steroid dienone is 1. The monoisotopic (exact) mass is 276 g/mol. The first-order valence-corrected chi connectivity index (χ1v) is 6.62. The van der Waals surface area contributed by atoms with Gasteiger partial charge in [0.25, 0.3) is 0 Å². The van der Waals surface area contributed by atoms with Gasteiger partial charge in [-0.3, -0.25) is 0 Å². The lowest BCUT2D eigenvalue weighted by Gasteiger charge is -2.16. The van der Waals surface area contributed by atoms with Crippen LogP contribution in [0.5, 0.6) is 11.5 Å². The molecular formula is C16H20O4. The van der Waals surface area contributed by atoms with Crippen molar-refractivity contribution in [1.29, 1.82) is 0 Å². The maximum absolute atomic E-state index is 5.71. The number of hydrogen-bond acceptors (Lipinski definition) is 4. The smallest absolute Gasteiger partial charge is 0.123 e. The van der Waals surface area contributed by atoms with Gasteiger partial charge in [0.05, 0.1) is 26.9 Å². The summed E-state index contributed by atoms with van der Waals surface area (Å²) in [6, 6.07) is 7.54. The SMILES string of the molecule is COC1=CCC(OCCOc2cccc(OC)c2)C=C1. The quantitative estimate of drug-likeness (QED) is 0.717. The normalized spacial score (nSPS) is 17.5. The van der Waals surface area contributed by atoms with Crippen molar-refractivity contribution in [2.45, 2.75) is 12.5 Å². The zero-order valence-electron chi connectivity index (χ0n) is 11.9. The molecule has 1 aliphatic carbocycles. The highest BCUT2D eigenvalue weighted by Crippen LogP contribution is 2.19. The van der Waals surface area contributed by atoms with Gasteiger partial charge >= 0.3 is 0 Å². The molecule has 1 aromatic rings. The standard InChI is InChI=1S/C16H20O4/c1-17-13-6-8-14(9-7-13)19-10-11-20-16-5-3-4-15(12-16)18-2/h3-8,12,14H,9-11H2,1-2H3. The van der Waals surface area contributed by atoms with Crippen LogP contribution >= 0.6 is 0 Å². The Morgan fingerprint density at radius 1 is 1.10 bits per heavy atom. The third-order valence-electron chi connectivity index (χ3n) is 2.99. The van der Waals surface area contributed by atoms with Gasteiger partial charge in [-0.25, -0.2) is 0 Å². The van der Waals surface area contributed by atoms with Gasteiger partial charge in [0, 0.05) is 6.07 Å². The first kappa shape index (κ1) is 14.5. The van der Waals surface area contributed by atoms with E-state index in [9.17, 15) is 0 Å². The van der Waals surface area contributed by atoms with Crippen molar-refractivity contribution in [3.05, 3.63) is 48.3 Å². The molecule has 0 aromatic heterocycles. The molecule has 0 N–H and O–H groups in total. The van der Waals surface area contributed by atoms with Gasteiger partial charge in [-0.05, 0) is 30.7 Å². The first-order chi connectivity index (χ1) is 9.81. The summed E-state index contributed by atoms with van der Waals surface area (Å²) in [6.45, 7) is 1.06. The Morgan fingerprint density at radius 2 is 1.95 bits per heavy atom. The van der Waals surface area contributed by atoms with E-state index in [1.807, 2.05) is 42.5 Å². The van der Waals surface area contributed by atoms with E-state index in [2.05, 4.69) is 0 Å². The van der Waals surface area contributed by atoms with Crippen LogP contribution in [0.2, 0.25) is 0 Å². The average Bonchev–Trinajstić information content (AvgIpc) is 2.52. The topological polar surface area (TPSA) is 36.9 Å². The van der Waals surface area contributed by atoms with Crippen molar-refractivity contribution in [2.75, 3.05) is 27.4 Å². The molecule has 1 aliphatic rings. The van der Waals surface area contributed by atoms with Crippen LogP contribution in [0, 0.1) is 0 Å². The molecule has 0 spiro atoms. The minimum Gasteiger partial charge on any atom is -0.497 e. The maximum atomic E-state index is 5.71. The molecule has 0 radical (unpaired) electrons. The van der Waals surface area contributed by atoms with Gasteiger partial charge in [0.1, 0.15) is 23.9 Å². The summed E-state index contributed by atoms with van der Waals surface area (Å²) >= 11 is 0. The van der Waals surface area contributed by atoms with Gasteiger partial charge in [-0.2, -0.15) is 0 Å². The number of ether oxygens (including phenoxy) is 4. The predicted molar refractivity (Wildman–Crippen MR) is 77.1 cm³/mol. The van der Waals surface area contributed by atoms with Crippen LogP contribution < -0.4 is 9.47 Å². The molecule has 0 fully saturated rings. The summed E-state index contributed by atoms with van der Waals surface area (Å²) < 4.78 is 21.6. The van der Waals surface area contributed by atoms with Crippen molar-refractivity contribution >= 4 is 0 Å². The highest BCUT2D eigenvalue weighted by Gasteiger charge is 2.09. The summed E-state index contributed by atoms with van der Waals surface area (Å²) in [6.07, 6.45) is 6.89. The molecule has 20 heavy (non-hydrogen) atoms. The van der Waals surface area contributed by atoms with Crippen molar-refractivity contribution in [3.63, 3.8) is 0 Å². The van der Waals surface area contributed by atoms with Crippen LogP contribution in [0.1, 0.15) is 6.42 Å². The number of rotatable bonds is 7. The van der Waals surface area contributed by atoms with Gasteiger partial charge in [-0.15, -0.1) is 0 Å². The lowest BCUT2D eigenvalue weighted by Crippen LogP contribution is -2.16. The molecule has 0 saturated heterocycles. The Morgan fingerprint density at radius 3 is 2.65 bits per heavy atom.